The number of sulfonamides is 1. The van der Waals surface area contributed by atoms with Gasteiger partial charge in [0.2, 0.25) is 10.0 Å². The zero-order valence-corrected chi connectivity index (χ0v) is 18.4. The first-order chi connectivity index (χ1) is 14.7. The first-order valence-electron chi connectivity index (χ1n) is 9.94. The van der Waals surface area contributed by atoms with Crippen LogP contribution in [0.4, 0.5) is 5.69 Å². The van der Waals surface area contributed by atoms with E-state index < -0.39 is 21.2 Å². The highest BCUT2D eigenvalue weighted by Crippen LogP contribution is 2.34. The van der Waals surface area contributed by atoms with E-state index in [2.05, 4.69) is 4.72 Å². The maximum atomic E-state index is 12.3. The Labute approximate surface area is 182 Å². The van der Waals surface area contributed by atoms with E-state index in [1.165, 1.54) is 6.07 Å². The van der Waals surface area contributed by atoms with E-state index in [0.29, 0.717) is 18.0 Å². The summed E-state index contributed by atoms with van der Waals surface area (Å²) in [5, 5.41) is 8.69. The number of nitrogens with one attached hydrogen (secondary N) is 1. The topological polar surface area (TPSA) is 92.7 Å². The number of hydrogen-bond acceptors (Lipinski definition) is 4. The summed E-state index contributed by atoms with van der Waals surface area (Å²) in [7, 11) is -3.47. The number of hydrogen-bond donors (Lipinski definition) is 2. The number of rotatable bonds is 8. The number of carboxylic acids is 1. The molecule has 2 N–H and O–H groups in total. The molecule has 0 saturated carbocycles. The Hall–Kier alpha value is -3.32. The smallest absolute Gasteiger partial charge is 0.335 e. The van der Waals surface area contributed by atoms with Crippen LogP contribution in [0.3, 0.4) is 0 Å². The summed E-state index contributed by atoms with van der Waals surface area (Å²) in [6, 6.07) is 19.6. The SMILES string of the molecule is CCOc1cc(C(=O)O)ccc1-c1ccc(-c2ccccc2NS(=O)(=O)C(C)C)cc1. The summed E-state index contributed by atoms with van der Waals surface area (Å²) in [4.78, 5) is 11.3. The molecule has 0 atom stereocenters. The van der Waals surface area contributed by atoms with Crippen LogP contribution in [0.15, 0.2) is 66.7 Å². The van der Waals surface area contributed by atoms with Gasteiger partial charge in [0.1, 0.15) is 5.75 Å². The summed E-state index contributed by atoms with van der Waals surface area (Å²) in [5.41, 5.74) is 3.95. The van der Waals surface area contributed by atoms with Crippen molar-refractivity contribution in [1.29, 1.82) is 0 Å². The van der Waals surface area contributed by atoms with Crippen LogP contribution >= 0.6 is 0 Å². The van der Waals surface area contributed by atoms with E-state index in [1.807, 2.05) is 43.3 Å². The monoisotopic (exact) mass is 439 g/mol. The fourth-order valence-electron chi connectivity index (χ4n) is 3.09. The lowest BCUT2D eigenvalue weighted by Crippen LogP contribution is -2.22. The molecule has 0 aliphatic carbocycles. The van der Waals surface area contributed by atoms with Crippen molar-refractivity contribution < 1.29 is 23.1 Å². The van der Waals surface area contributed by atoms with E-state index in [9.17, 15) is 18.3 Å². The quantitative estimate of drug-likeness (QED) is 0.499. The first kappa shape index (κ1) is 22.4. The highest BCUT2D eigenvalue weighted by molar-refractivity contribution is 7.93. The van der Waals surface area contributed by atoms with Crippen LogP contribution < -0.4 is 9.46 Å². The molecule has 0 radical (unpaired) electrons. The van der Waals surface area contributed by atoms with Crippen LogP contribution in [-0.4, -0.2) is 31.4 Å². The Balaban J connectivity index is 1.98. The Morgan fingerprint density at radius 3 is 2.16 bits per heavy atom. The van der Waals surface area contributed by atoms with Gasteiger partial charge in [-0.05, 0) is 56.2 Å². The van der Waals surface area contributed by atoms with Gasteiger partial charge in [0.25, 0.3) is 0 Å². The van der Waals surface area contributed by atoms with Crippen LogP contribution in [0.5, 0.6) is 5.75 Å². The molecule has 7 heteroatoms. The summed E-state index contributed by atoms with van der Waals surface area (Å²) in [5.74, 6) is -0.511. The van der Waals surface area contributed by atoms with Gasteiger partial charge in [0.05, 0.1) is 23.1 Å². The van der Waals surface area contributed by atoms with Gasteiger partial charge < -0.3 is 9.84 Å². The van der Waals surface area contributed by atoms with E-state index in [0.717, 1.165) is 22.3 Å². The number of aromatic carboxylic acids is 1. The third-order valence-electron chi connectivity index (χ3n) is 4.84. The lowest BCUT2D eigenvalue weighted by molar-refractivity contribution is 0.0696. The molecule has 0 saturated heterocycles. The van der Waals surface area contributed by atoms with Crippen molar-refractivity contribution in [3.63, 3.8) is 0 Å². The maximum Gasteiger partial charge on any atom is 0.335 e. The molecule has 0 unspecified atom stereocenters. The average Bonchev–Trinajstić information content (AvgIpc) is 2.74. The zero-order chi connectivity index (χ0) is 22.6. The fraction of sp³-hybridized carbons (Fsp3) is 0.208. The summed E-state index contributed by atoms with van der Waals surface area (Å²) < 4.78 is 33.0. The predicted octanol–water partition coefficient (Wildman–Crippen LogP) is 5.27. The molecule has 0 heterocycles. The average molecular weight is 440 g/mol. The van der Waals surface area contributed by atoms with Gasteiger partial charge in [-0.2, -0.15) is 0 Å². The molecule has 6 nitrogen and oxygen atoms in total. The first-order valence-corrected chi connectivity index (χ1v) is 11.5. The van der Waals surface area contributed by atoms with Crippen molar-refractivity contribution in [2.45, 2.75) is 26.0 Å². The molecule has 0 aliphatic heterocycles. The number of para-hydroxylation sites is 1. The van der Waals surface area contributed by atoms with Gasteiger partial charge in [-0.1, -0.05) is 42.5 Å². The molecule has 0 aromatic heterocycles. The van der Waals surface area contributed by atoms with Gasteiger partial charge in [0, 0.05) is 11.1 Å². The molecule has 0 amide bonds. The third kappa shape index (κ3) is 5.06. The number of carbonyl (C=O) groups is 1. The normalized spacial score (nSPS) is 11.4. The highest BCUT2D eigenvalue weighted by Gasteiger charge is 2.18. The second kappa shape index (κ2) is 9.22. The van der Waals surface area contributed by atoms with Crippen molar-refractivity contribution in [3.8, 4) is 28.0 Å². The summed E-state index contributed by atoms with van der Waals surface area (Å²) in [6.45, 7) is 5.52. The van der Waals surface area contributed by atoms with Crippen LogP contribution in [-0.2, 0) is 10.0 Å². The van der Waals surface area contributed by atoms with Gasteiger partial charge >= 0.3 is 5.97 Å². The molecular weight excluding hydrogens is 414 g/mol. The second-order valence-corrected chi connectivity index (χ2v) is 9.50. The van der Waals surface area contributed by atoms with Crippen molar-refractivity contribution in [1.82, 2.24) is 0 Å². The largest absolute Gasteiger partial charge is 0.493 e. The van der Waals surface area contributed by atoms with Crippen molar-refractivity contribution in [3.05, 3.63) is 72.3 Å². The van der Waals surface area contributed by atoms with Crippen molar-refractivity contribution >= 4 is 21.7 Å². The maximum absolute atomic E-state index is 12.3. The van der Waals surface area contributed by atoms with Gasteiger partial charge in [0.15, 0.2) is 0 Å². The molecular formula is C24H25NO5S. The molecule has 0 bridgehead atoms. The lowest BCUT2D eigenvalue weighted by Gasteiger charge is -2.15. The summed E-state index contributed by atoms with van der Waals surface area (Å²) >= 11 is 0. The van der Waals surface area contributed by atoms with Gasteiger partial charge in [-0.25, -0.2) is 13.2 Å². The predicted molar refractivity (Wildman–Crippen MR) is 123 cm³/mol. The van der Waals surface area contributed by atoms with Gasteiger partial charge in [-0.3, -0.25) is 4.72 Å². The van der Waals surface area contributed by atoms with Gasteiger partial charge in [-0.15, -0.1) is 0 Å². The van der Waals surface area contributed by atoms with E-state index in [-0.39, 0.29) is 5.56 Å². The minimum absolute atomic E-state index is 0.162. The Morgan fingerprint density at radius 2 is 1.58 bits per heavy atom. The molecule has 162 valence electrons. The van der Waals surface area contributed by atoms with Crippen LogP contribution in [0.1, 0.15) is 31.1 Å². The van der Waals surface area contributed by atoms with Crippen molar-refractivity contribution in [2.24, 2.45) is 0 Å². The van der Waals surface area contributed by atoms with Crippen LogP contribution in [0.2, 0.25) is 0 Å². The Kier molecular flexibility index (Phi) is 6.65. The second-order valence-electron chi connectivity index (χ2n) is 7.27. The summed E-state index contributed by atoms with van der Waals surface area (Å²) in [6.07, 6.45) is 0. The molecule has 3 rings (SSSR count). The molecule has 0 spiro atoms. The number of ether oxygens (including phenoxy) is 1. The van der Waals surface area contributed by atoms with E-state index >= 15 is 0 Å². The molecule has 3 aromatic carbocycles. The van der Waals surface area contributed by atoms with E-state index in [4.69, 9.17) is 4.74 Å². The third-order valence-corrected chi connectivity index (χ3v) is 6.58. The van der Waals surface area contributed by atoms with E-state index in [1.54, 1.807) is 38.1 Å². The minimum atomic E-state index is -3.47. The standard InChI is InChI=1S/C24H25NO5S/c1-4-30-23-15-19(24(26)27)13-14-21(23)18-11-9-17(10-12-18)20-7-5-6-8-22(20)25-31(28,29)16(2)3/h5-16,25H,4H2,1-3H3,(H,26,27). The van der Waals surface area contributed by atoms with Crippen LogP contribution in [0.25, 0.3) is 22.3 Å². The number of carboxylic acid groups (broad SMARTS) is 1. The Bertz CT molecular complexity index is 1180. The number of anilines is 1. The minimum Gasteiger partial charge on any atom is -0.493 e. The molecule has 3 aromatic rings. The molecule has 0 fully saturated rings. The fourth-order valence-corrected chi connectivity index (χ4v) is 3.81. The zero-order valence-electron chi connectivity index (χ0n) is 17.6. The molecule has 0 aliphatic rings. The highest BCUT2D eigenvalue weighted by atomic mass is 32.2. The van der Waals surface area contributed by atoms with Crippen LogP contribution in [0, 0.1) is 0 Å². The molecule has 31 heavy (non-hydrogen) atoms. The van der Waals surface area contributed by atoms with Crippen molar-refractivity contribution in [2.75, 3.05) is 11.3 Å². The number of benzene rings is 3. The lowest BCUT2D eigenvalue weighted by atomic mass is 9.98. The Morgan fingerprint density at radius 1 is 0.968 bits per heavy atom.